The van der Waals surface area contributed by atoms with Gasteiger partial charge < -0.3 is 24.0 Å². The van der Waals surface area contributed by atoms with Crippen molar-refractivity contribution in [2.45, 2.75) is 38.4 Å². The molecule has 0 N–H and O–H groups in total. The van der Waals surface area contributed by atoms with E-state index >= 15 is 0 Å². The van der Waals surface area contributed by atoms with Crippen molar-refractivity contribution >= 4 is 11.8 Å². The number of hydrogen-bond donors (Lipinski definition) is 0. The van der Waals surface area contributed by atoms with Crippen LogP contribution in [-0.2, 0) is 9.53 Å². The second kappa shape index (κ2) is 7.70. The number of amides is 2. The lowest BCUT2D eigenvalue weighted by Gasteiger charge is -2.50. The summed E-state index contributed by atoms with van der Waals surface area (Å²) in [7, 11) is 3.74. The van der Waals surface area contributed by atoms with Crippen molar-refractivity contribution in [2.75, 3.05) is 60.0 Å². The summed E-state index contributed by atoms with van der Waals surface area (Å²) in [5.41, 5.74) is 0.874. The van der Waals surface area contributed by atoms with Gasteiger partial charge in [-0.3, -0.25) is 14.5 Å². The quantitative estimate of drug-likeness (QED) is 0.714. The first-order chi connectivity index (χ1) is 13.9. The highest BCUT2D eigenvalue weighted by Crippen LogP contribution is 2.41. The topological polar surface area (TPSA) is 82.4 Å². The predicted molar refractivity (Wildman–Crippen MR) is 105 cm³/mol. The minimum absolute atomic E-state index is 0.0289. The minimum atomic E-state index is -0.322. The van der Waals surface area contributed by atoms with Crippen molar-refractivity contribution in [3.8, 4) is 0 Å². The Bertz CT molecular complexity index is 766. The van der Waals surface area contributed by atoms with E-state index in [1.54, 1.807) is 21.0 Å². The van der Waals surface area contributed by atoms with Crippen LogP contribution in [-0.4, -0.2) is 108 Å². The van der Waals surface area contributed by atoms with Gasteiger partial charge in [-0.2, -0.15) is 0 Å². The number of likely N-dealkylation sites (N-methyl/N-ethyl adjacent to an activating group) is 1. The summed E-state index contributed by atoms with van der Waals surface area (Å²) in [5.74, 6) is 0.725. The molecule has 0 bridgehead atoms. The molecule has 160 valence electrons. The van der Waals surface area contributed by atoms with Crippen LogP contribution in [0.1, 0.15) is 34.7 Å². The predicted octanol–water partition coefficient (Wildman–Crippen LogP) is 0.328. The zero-order valence-corrected chi connectivity index (χ0v) is 17.8. The second-order valence-corrected chi connectivity index (χ2v) is 8.43. The highest BCUT2D eigenvalue weighted by Gasteiger charge is 2.58. The van der Waals surface area contributed by atoms with E-state index in [-0.39, 0.29) is 23.5 Å². The van der Waals surface area contributed by atoms with Gasteiger partial charge in [0.1, 0.15) is 23.0 Å². The van der Waals surface area contributed by atoms with Crippen molar-refractivity contribution in [1.29, 1.82) is 0 Å². The number of piperazine rings is 1. The van der Waals surface area contributed by atoms with Crippen LogP contribution in [0.3, 0.4) is 0 Å². The SMILES string of the molecule is COCCN1C(=O)[C@H]2CN(C)CCN2C12CCN(C(=O)c1c(C)noc1C)CC2. The Hall–Kier alpha value is -1.97. The molecule has 0 aromatic carbocycles. The summed E-state index contributed by atoms with van der Waals surface area (Å²) < 4.78 is 10.5. The smallest absolute Gasteiger partial charge is 0.259 e. The molecule has 0 aliphatic carbocycles. The Labute approximate surface area is 171 Å². The number of nitrogens with zero attached hydrogens (tertiary/aromatic N) is 5. The van der Waals surface area contributed by atoms with Crippen molar-refractivity contribution < 1.29 is 18.8 Å². The molecule has 2 amide bonds. The fourth-order valence-corrected chi connectivity index (χ4v) is 5.24. The van der Waals surface area contributed by atoms with Crippen LogP contribution in [0.5, 0.6) is 0 Å². The fourth-order valence-electron chi connectivity index (χ4n) is 5.24. The third-order valence-corrected chi connectivity index (χ3v) is 6.79. The average molecular weight is 405 g/mol. The van der Waals surface area contributed by atoms with E-state index < -0.39 is 0 Å². The first-order valence-electron chi connectivity index (χ1n) is 10.4. The lowest BCUT2D eigenvalue weighted by molar-refractivity contribution is -0.134. The molecule has 1 atom stereocenters. The summed E-state index contributed by atoms with van der Waals surface area (Å²) in [6.45, 7) is 8.47. The molecule has 3 aliphatic heterocycles. The molecule has 0 saturated carbocycles. The van der Waals surface area contributed by atoms with Crippen molar-refractivity contribution in [1.82, 2.24) is 24.8 Å². The lowest BCUT2D eigenvalue weighted by Crippen LogP contribution is -2.63. The summed E-state index contributed by atoms with van der Waals surface area (Å²) in [5, 5.41) is 3.92. The van der Waals surface area contributed by atoms with E-state index in [1.807, 2.05) is 9.80 Å². The van der Waals surface area contributed by atoms with E-state index in [1.165, 1.54) is 0 Å². The molecule has 0 radical (unpaired) electrons. The molecule has 1 aromatic rings. The maximum Gasteiger partial charge on any atom is 0.259 e. The number of methoxy groups -OCH3 is 1. The summed E-state index contributed by atoms with van der Waals surface area (Å²) in [6.07, 6.45) is 1.50. The molecule has 4 heterocycles. The van der Waals surface area contributed by atoms with E-state index in [0.717, 1.165) is 32.5 Å². The van der Waals surface area contributed by atoms with Crippen LogP contribution >= 0.6 is 0 Å². The summed E-state index contributed by atoms with van der Waals surface area (Å²) in [4.78, 5) is 34.8. The number of rotatable bonds is 4. The average Bonchev–Trinajstić information content (AvgIpc) is 3.15. The standard InChI is InChI=1S/C20H31N5O4/c1-14-17(15(2)29-21-14)19(27)23-7-5-20(6-8-23)24-10-9-22(3)13-16(24)18(26)25(20)11-12-28-4/h16H,5-13H2,1-4H3/t16-/m1/s1. The number of carbonyl (C=O) groups excluding carboxylic acids is 2. The molecule has 3 aliphatic rings. The van der Waals surface area contributed by atoms with Gasteiger partial charge in [-0.1, -0.05) is 5.16 Å². The van der Waals surface area contributed by atoms with Gasteiger partial charge in [0.05, 0.1) is 12.3 Å². The van der Waals surface area contributed by atoms with Gasteiger partial charge in [-0.05, 0) is 20.9 Å². The van der Waals surface area contributed by atoms with E-state index in [9.17, 15) is 9.59 Å². The maximum absolute atomic E-state index is 13.3. The number of aromatic nitrogens is 1. The van der Waals surface area contributed by atoms with Crippen molar-refractivity contribution in [3.63, 3.8) is 0 Å². The first-order valence-corrected chi connectivity index (χ1v) is 10.4. The zero-order valence-electron chi connectivity index (χ0n) is 17.8. The van der Waals surface area contributed by atoms with Crippen LogP contribution in [0, 0.1) is 13.8 Å². The Morgan fingerprint density at radius 3 is 2.59 bits per heavy atom. The molecule has 29 heavy (non-hydrogen) atoms. The number of likely N-dealkylation sites (tertiary alicyclic amines) is 1. The Kier molecular flexibility index (Phi) is 5.39. The molecular formula is C20H31N5O4. The molecular weight excluding hydrogens is 374 g/mol. The minimum Gasteiger partial charge on any atom is -0.383 e. The largest absolute Gasteiger partial charge is 0.383 e. The fraction of sp³-hybridized carbons (Fsp3) is 0.750. The number of aryl methyl sites for hydroxylation is 2. The van der Waals surface area contributed by atoms with Crippen LogP contribution in [0.4, 0.5) is 0 Å². The van der Waals surface area contributed by atoms with Crippen LogP contribution in [0.2, 0.25) is 0 Å². The van der Waals surface area contributed by atoms with Gasteiger partial charge in [0, 0.05) is 59.2 Å². The van der Waals surface area contributed by atoms with Crippen molar-refractivity contribution in [2.24, 2.45) is 0 Å². The third-order valence-electron chi connectivity index (χ3n) is 6.79. The maximum atomic E-state index is 13.3. The summed E-state index contributed by atoms with van der Waals surface area (Å²) >= 11 is 0. The van der Waals surface area contributed by atoms with Gasteiger partial charge >= 0.3 is 0 Å². The molecule has 0 unspecified atom stereocenters. The molecule has 9 nitrogen and oxygen atoms in total. The molecule has 1 aromatic heterocycles. The Balaban J connectivity index is 1.55. The third kappa shape index (κ3) is 3.25. The number of ether oxygens (including phenoxy) is 1. The number of hydrogen-bond acceptors (Lipinski definition) is 7. The van der Waals surface area contributed by atoms with Crippen LogP contribution in [0.15, 0.2) is 4.52 Å². The molecule has 3 saturated heterocycles. The highest BCUT2D eigenvalue weighted by atomic mass is 16.5. The number of piperidine rings is 1. The zero-order chi connectivity index (χ0) is 20.8. The highest BCUT2D eigenvalue weighted by molar-refractivity contribution is 5.96. The molecule has 1 spiro atoms. The Morgan fingerprint density at radius 2 is 1.97 bits per heavy atom. The van der Waals surface area contributed by atoms with Gasteiger partial charge in [0.2, 0.25) is 5.91 Å². The molecule has 4 rings (SSSR count). The molecule has 3 fully saturated rings. The van der Waals surface area contributed by atoms with E-state index in [4.69, 9.17) is 9.26 Å². The lowest BCUT2D eigenvalue weighted by atomic mass is 9.93. The summed E-state index contributed by atoms with van der Waals surface area (Å²) in [6, 6.07) is -0.101. The van der Waals surface area contributed by atoms with Gasteiger partial charge in [-0.25, -0.2) is 0 Å². The van der Waals surface area contributed by atoms with Gasteiger partial charge in [0.15, 0.2) is 0 Å². The van der Waals surface area contributed by atoms with Crippen molar-refractivity contribution in [3.05, 3.63) is 17.0 Å². The van der Waals surface area contributed by atoms with Gasteiger partial charge in [0.25, 0.3) is 5.91 Å². The number of carbonyl (C=O) groups is 2. The second-order valence-electron chi connectivity index (χ2n) is 8.43. The monoisotopic (exact) mass is 405 g/mol. The number of fused-ring (bicyclic) bond motifs is 2. The van der Waals surface area contributed by atoms with Crippen LogP contribution in [0.25, 0.3) is 0 Å². The van der Waals surface area contributed by atoms with Gasteiger partial charge in [-0.15, -0.1) is 0 Å². The first kappa shape index (κ1) is 20.3. The normalized spacial score (nSPS) is 25.1. The van der Waals surface area contributed by atoms with E-state index in [0.29, 0.717) is 43.3 Å². The van der Waals surface area contributed by atoms with E-state index in [2.05, 4.69) is 22.0 Å². The molecule has 9 heteroatoms. The van der Waals surface area contributed by atoms with Crippen LogP contribution < -0.4 is 0 Å². The Morgan fingerprint density at radius 1 is 1.24 bits per heavy atom.